The zero-order chi connectivity index (χ0) is 17.0. The number of carbonyl (C=O) groups is 1. The van der Waals surface area contributed by atoms with Gasteiger partial charge in [-0.2, -0.15) is 0 Å². The minimum Gasteiger partial charge on any atom is -0.496 e. The van der Waals surface area contributed by atoms with Gasteiger partial charge in [-0.05, 0) is 25.3 Å². The van der Waals surface area contributed by atoms with Crippen molar-refractivity contribution in [2.45, 2.75) is 19.4 Å². The number of sulfone groups is 1. The summed E-state index contributed by atoms with van der Waals surface area (Å²) in [5.41, 5.74) is 0.927. The van der Waals surface area contributed by atoms with Crippen molar-refractivity contribution in [2.75, 3.05) is 32.2 Å². The molecule has 6 nitrogen and oxygen atoms in total. The van der Waals surface area contributed by atoms with E-state index in [1.807, 2.05) is 31.2 Å². The van der Waals surface area contributed by atoms with E-state index in [-0.39, 0.29) is 29.5 Å². The second-order valence-corrected chi connectivity index (χ2v) is 8.21. The van der Waals surface area contributed by atoms with Gasteiger partial charge in [-0.25, -0.2) is 13.2 Å². The fourth-order valence-corrected chi connectivity index (χ4v) is 4.65. The van der Waals surface area contributed by atoms with Gasteiger partial charge in [0.25, 0.3) is 0 Å². The first kappa shape index (κ1) is 17.6. The number of nitrogens with one attached hydrogen (secondary N) is 1. The summed E-state index contributed by atoms with van der Waals surface area (Å²) in [5, 5.41) is 2.83. The van der Waals surface area contributed by atoms with Crippen LogP contribution in [0.25, 0.3) is 0 Å². The molecule has 0 aromatic heterocycles. The number of methoxy groups -OCH3 is 1. The van der Waals surface area contributed by atoms with E-state index >= 15 is 0 Å². The summed E-state index contributed by atoms with van der Waals surface area (Å²) in [4.78, 5) is 13.9. The normalized spacial score (nSPS) is 20.7. The number of rotatable bonds is 5. The summed E-state index contributed by atoms with van der Waals surface area (Å²) in [6.45, 7) is 2.32. The molecule has 2 atom stereocenters. The van der Waals surface area contributed by atoms with Gasteiger partial charge in [0.05, 0.1) is 24.7 Å². The summed E-state index contributed by atoms with van der Waals surface area (Å²) in [6.07, 6.45) is 0.619. The molecule has 128 valence electrons. The Morgan fingerprint density at radius 2 is 2.13 bits per heavy atom. The molecular formula is C16H24N2O4S. The predicted octanol–water partition coefficient (Wildman–Crippen LogP) is 1.83. The van der Waals surface area contributed by atoms with Gasteiger partial charge in [-0.15, -0.1) is 0 Å². The van der Waals surface area contributed by atoms with Gasteiger partial charge in [0.1, 0.15) is 5.75 Å². The van der Waals surface area contributed by atoms with Crippen LogP contribution < -0.4 is 10.1 Å². The highest BCUT2D eigenvalue weighted by Gasteiger charge is 2.28. The Labute approximate surface area is 137 Å². The zero-order valence-electron chi connectivity index (χ0n) is 13.8. The number of hydrogen-bond donors (Lipinski definition) is 1. The number of urea groups is 1. The molecule has 0 saturated carbocycles. The van der Waals surface area contributed by atoms with E-state index in [9.17, 15) is 13.2 Å². The fraction of sp³-hybridized carbons (Fsp3) is 0.562. The average Bonchev–Trinajstić information content (AvgIpc) is 2.90. The molecule has 1 N–H and O–H groups in total. The molecule has 2 rings (SSSR count). The van der Waals surface area contributed by atoms with Crippen LogP contribution in [0.3, 0.4) is 0 Å². The van der Waals surface area contributed by atoms with E-state index in [0.29, 0.717) is 13.0 Å². The lowest BCUT2D eigenvalue weighted by Gasteiger charge is -2.27. The monoisotopic (exact) mass is 340 g/mol. The molecule has 0 aliphatic carbocycles. The Morgan fingerprint density at radius 1 is 1.43 bits per heavy atom. The first-order chi connectivity index (χ1) is 10.8. The maximum absolute atomic E-state index is 12.3. The maximum atomic E-state index is 12.3. The molecule has 0 spiro atoms. The van der Waals surface area contributed by atoms with Gasteiger partial charge in [0, 0.05) is 19.2 Å². The van der Waals surface area contributed by atoms with Crippen LogP contribution in [-0.2, 0) is 9.84 Å². The van der Waals surface area contributed by atoms with Crippen LogP contribution in [0.15, 0.2) is 24.3 Å². The molecule has 1 saturated heterocycles. The molecule has 23 heavy (non-hydrogen) atoms. The van der Waals surface area contributed by atoms with Gasteiger partial charge < -0.3 is 15.0 Å². The van der Waals surface area contributed by atoms with Gasteiger partial charge in [0.15, 0.2) is 9.84 Å². The smallest absolute Gasteiger partial charge is 0.317 e. The van der Waals surface area contributed by atoms with Crippen LogP contribution in [0.1, 0.15) is 24.9 Å². The third-order valence-corrected chi connectivity index (χ3v) is 6.20. The molecule has 1 aliphatic rings. The second-order valence-electron chi connectivity index (χ2n) is 5.98. The Hall–Kier alpha value is -1.76. The molecule has 1 aromatic rings. The number of hydrogen-bond acceptors (Lipinski definition) is 4. The van der Waals surface area contributed by atoms with Crippen molar-refractivity contribution in [1.29, 1.82) is 0 Å². The third-order valence-electron chi connectivity index (χ3n) is 4.36. The molecule has 1 aromatic carbocycles. The maximum Gasteiger partial charge on any atom is 0.317 e. The molecule has 0 radical (unpaired) electrons. The molecule has 2 unspecified atom stereocenters. The molecule has 2 amide bonds. The summed E-state index contributed by atoms with van der Waals surface area (Å²) in [6, 6.07) is 7.21. The number of ether oxygens (including phenoxy) is 1. The second kappa shape index (κ2) is 7.21. The van der Waals surface area contributed by atoms with Crippen LogP contribution in [0, 0.1) is 5.92 Å². The number of amides is 2. The Kier molecular flexibility index (Phi) is 5.51. The van der Waals surface area contributed by atoms with Crippen molar-refractivity contribution in [3.63, 3.8) is 0 Å². The highest BCUT2D eigenvalue weighted by Crippen LogP contribution is 2.28. The number of carbonyl (C=O) groups excluding carboxylic acids is 1. The molecule has 7 heteroatoms. The quantitative estimate of drug-likeness (QED) is 0.887. The lowest BCUT2D eigenvalue weighted by Crippen LogP contribution is -2.41. The minimum atomic E-state index is -2.91. The van der Waals surface area contributed by atoms with Crippen LogP contribution in [-0.4, -0.2) is 51.6 Å². The van der Waals surface area contributed by atoms with Gasteiger partial charge in [-0.3, -0.25) is 0 Å². The van der Waals surface area contributed by atoms with Crippen LogP contribution in [0.2, 0.25) is 0 Å². The van der Waals surface area contributed by atoms with Crippen molar-refractivity contribution >= 4 is 15.9 Å². The van der Waals surface area contributed by atoms with E-state index in [1.54, 1.807) is 19.1 Å². The summed E-state index contributed by atoms with van der Waals surface area (Å²) >= 11 is 0. The molecule has 1 fully saturated rings. The van der Waals surface area contributed by atoms with Crippen molar-refractivity contribution in [1.82, 2.24) is 10.2 Å². The van der Waals surface area contributed by atoms with Crippen molar-refractivity contribution in [3.8, 4) is 5.75 Å². The summed E-state index contributed by atoms with van der Waals surface area (Å²) < 4.78 is 28.2. The average molecular weight is 340 g/mol. The predicted molar refractivity (Wildman–Crippen MR) is 89.3 cm³/mol. The number of para-hydroxylation sites is 1. The molecule has 1 aliphatic heterocycles. The lowest BCUT2D eigenvalue weighted by molar-refractivity contribution is 0.192. The number of nitrogens with zero attached hydrogens (tertiary/aromatic N) is 1. The van der Waals surface area contributed by atoms with Crippen LogP contribution in [0.4, 0.5) is 4.79 Å². The number of benzene rings is 1. The summed E-state index contributed by atoms with van der Waals surface area (Å²) in [5.74, 6) is 1.14. The third kappa shape index (κ3) is 4.37. The highest BCUT2D eigenvalue weighted by molar-refractivity contribution is 7.91. The van der Waals surface area contributed by atoms with E-state index in [2.05, 4.69) is 5.32 Å². The van der Waals surface area contributed by atoms with Crippen molar-refractivity contribution in [2.24, 2.45) is 5.92 Å². The molecule has 0 bridgehead atoms. The van der Waals surface area contributed by atoms with Crippen molar-refractivity contribution in [3.05, 3.63) is 29.8 Å². The van der Waals surface area contributed by atoms with Crippen LogP contribution >= 0.6 is 0 Å². The van der Waals surface area contributed by atoms with Crippen molar-refractivity contribution < 1.29 is 17.9 Å². The Morgan fingerprint density at radius 3 is 2.74 bits per heavy atom. The first-order valence-electron chi connectivity index (χ1n) is 7.68. The molecule has 1 heterocycles. The van der Waals surface area contributed by atoms with E-state index in [4.69, 9.17) is 4.74 Å². The lowest BCUT2D eigenvalue weighted by atomic mass is 10.1. The van der Waals surface area contributed by atoms with E-state index in [0.717, 1.165) is 11.3 Å². The topological polar surface area (TPSA) is 75.7 Å². The minimum absolute atomic E-state index is 0.0129. The standard InChI is InChI=1S/C16H24N2O4S/c1-12(14-6-4-5-7-15(14)22-3)18(2)16(19)17-10-13-8-9-23(20,21)11-13/h4-7,12-13H,8-11H2,1-3H3,(H,17,19). The fourth-order valence-electron chi connectivity index (χ4n) is 2.79. The van der Waals surface area contributed by atoms with Gasteiger partial charge >= 0.3 is 6.03 Å². The zero-order valence-corrected chi connectivity index (χ0v) is 14.6. The summed E-state index contributed by atoms with van der Waals surface area (Å²) in [7, 11) is 0.410. The van der Waals surface area contributed by atoms with Gasteiger partial charge in [0.2, 0.25) is 0 Å². The highest BCUT2D eigenvalue weighted by atomic mass is 32.2. The van der Waals surface area contributed by atoms with Crippen LogP contribution in [0.5, 0.6) is 5.75 Å². The van der Waals surface area contributed by atoms with E-state index < -0.39 is 9.84 Å². The Bertz CT molecular complexity index is 660. The Balaban J connectivity index is 1.94. The molecular weight excluding hydrogens is 316 g/mol. The largest absolute Gasteiger partial charge is 0.496 e. The van der Waals surface area contributed by atoms with E-state index in [1.165, 1.54) is 0 Å². The first-order valence-corrected chi connectivity index (χ1v) is 9.50. The van der Waals surface area contributed by atoms with Gasteiger partial charge in [-0.1, -0.05) is 18.2 Å². The SMILES string of the molecule is COc1ccccc1C(C)N(C)C(=O)NCC1CCS(=O)(=O)C1.